The van der Waals surface area contributed by atoms with Crippen molar-refractivity contribution in [3.8, 4) is 11.5 Å². The molecular weight excluding hydrogens is 276 g/mol. The van der Waals surface area contributed by atoms with Crippen LogP contribution in [0.25, 0.3) is 0 Å². The molecule has 0 atom stereocenters. The molecule has 0 spiro atoms. The first kappa shape index (κ1) is 14.5. The molecule has 1 heterocycles. The smallest absolute Gasteiger partial charge is 0.210 e. The van der Waals surface area contributed by atoms with Crippen LogP contribution >= 0.6 is 11.5 Å². The molecule has 1 aromatic heterocycles. The minimum absolute atomic E-state index is 0.139. The van der Waals surface area contributed by atoms with Gasteiger partial charge in [0.05, 0.1) is 25.5 Å². The number of nitrogens with zero attached hydrogens (tertiary/aromatic N) is 2. The van der Waals surface area contributed by atoms with E-state index >= 15 is 0 Å². The van der Waals surface area contributed by atoms with Crippen molar-refractivity contribution in [2.24, 2.45) is 0 Å². The molecule has 0 unspecified atom stereocenters. The van der Waals surface area contributed by atoms with Crippen molar-refractivity contribution in [2.45, 2.75) is 19.8 Å². The maximum atomic E-state index is 12.7. The van der Waals surface area contributed by atoms with E-state index in [-0.39, 0.29) is 11.7 Å². The number of aromatic nitrogens is 2. The number of rotatable bonds is 5. The summed E-state index contributed by atoms with van der Waals surface area (Å²) < 4.78 is 14.3. The predicted molar refractivity (Wildman–Crippen MR) is 77.0 cm³/mol. The van der Waals surface area contributed by atoms with E-state index in [9.17, 15) is 4.79 Å². The van der Waals surface area contributed by atoms with Gasteiger partial charge in [-0.15, -0.1) is 5.10 Å². The quantitative estimate of drug-likeness (QED) is 0.793. The SMILES string of the molecule is COc1ccc(OC)c(C(=O)c2snnc2C(C)C)c1. The van der Waals surface area contributed by atoms with Crippen molar-refractivity contribution in [1.82, 2.24) is 9.59 Å². The van der Waals surface area contributed by atoms with E-state index in [2.05, 4.69) is 9.59 Å². The molecule has 2 aromatic rings. The lowest BCUT2D eigenvalue weighted by atomic mass is 10.0. The Bertz CT molecular complexity index is 623. The number of ketones is 1. The summed E-state index contributed by atoms with van der Waals surface area (Å²) in [6, 6.07) is 5.14. The minimum Gasteiger partial charge on any atom is -0.497 e. The maximum Gasteiger partial charge on any atom is 0.210 e. The van der Waals surface area contributed by atoms with Crippen LogP contribution in [0.15, 0.2) is 18.2 Å². The highest BCUT2D eigenvalue weighted by Crippen LogP contribution is 2.29. The Kier molecular flexibility index (Phi) is 4.34. The maximum absolute atomic E-state index is 12.7. The standard InChI is InChI=1S/C14H16N2O3S/c1-8(2)12-14(20-16-15-12)13(17)10-7-9(18-3)5-6-11(10)19-4/h5-8H,1-4H3. The van der Waals surface area contributed by atoms with Crippen molar-refractivity contribution in [2.75, 3.05) is 14.2 Å². The Morgan fingerprint density at radius 3 is 2.60 bits per heavy atom. The van der Waals surface area contributed by atoms with Crippen molar-refractivity contribution >= 4 is 17.3 Å². The second kappa shape index (κ2) is 6.00. The molecule has 0 aliphatic rings. The van der Waals surface area contributed by atoms with E-state index in [1.165, 1.54) is 7.11 Å². The van der Waals surface area contributed by atoms with Gasteiger partial charge >= 0.3 is 0 Å². The first-order chi connectivity index (χ1) is 9.58. The van der Waals surface area contributed by atoms with E-state index in [0.717, 1.165) is 11.5 Å². The molecule has 0 bridgehead atoms. The minimum atomic E-state index is -0.139. The highest BCUT2D eigenvalue weighted by atomic mass is 32.1. The van der Waals surface area contributed by atoms with Crippen molar-refractivity contribution < 1.29 is 14.3 Å². The van der Waals surface area contributed by atoms with Gasteiger partial charge in [-0.2, -0.15) is 0 Å². The van der Waals surface area contributed by atoms with Crippen LogP contribution in [0.3, 0.4) is 0 Å². The molecule has 20 heavy (non-hydrogen) atoms. The number of benzene rings is 1. The normalized spacial score (nSPS) is 10.7. The van der Waals surface area contributed by atoms with E-state index < -0.39 is 0 Å². The van der Waals surface area contributed by atoms with Crippen LogP contribution in [0.4, 0.5) is 0 Å². The zero-order valence-electron chi connectivity index (χ0n) is 11.8. The van der Waals surface area contributed by atoms with Gasteiger partial charge in [0.2, 0.25) is 5.78 Å². The van der Waals surface area contributed by atoms with Crippen LogP contribution in [0.5, 0.6) is 11.5 Å². The molecule has 106 valence electrons. The second-order valence-corrected chi connectivity index (χ2v) is 5.29. The highest BCUT2D eigenvalue weighted by Gasteiger charge is 2.23. The molecule has 0 radical (unpaired) electrons. The van der Waals surface area contributed by atoms with E-state index in [1.807, 2.05) is 13.8 Å². The lowest BCUT2D eigenvalue weighted by molar-refractivity contribution is 0.103. The van der Waals surface area contributed by atoms with E-state index in [4.69, 9.17) is 9.47 Å². The van der Waals surface area contributed by atoms with Crippen LogP contribution in [-0.2, 0) is 0 Å². The van der Waals surface area contributed by atoms with E-state index in [0.29, 0.717) is 27.6 Å². The zero-order chi connectivity index (χ0) is 14.7. The summed E-state index contributed by atoms with van der Waals surface area (Å²) in [4.78, 5) is 13.2. The molecule has 6 heteroatoms. The van der Waals surface area contributed by atoms with Crippen LogP contribution in [0, 0.1) is 0 Å². The number of hydrogen-bond acceptors (Lipinski definition) is 6. The molecule has 0 aliphatic heterocycles. The molecular formula is C14H16N2O3S. The summed E-state index contributed by atoms with van der Waals surface area (Å²) in [6.07, 6.45) is 0. The van der Waals surface area contributed by atoms with Gasteiger partial charge in [-0.25, -0.2) is 0 Å². The first-order valence-electron chi connectivity index (χ1n) is 6.17. The zero-order valence-corrected chi connectivity index (χ0v) is 12.7. The molecule has 0 saturated heterocycles. The highest BCUT2D eigenvalue weighted by molar-refractivity contribution is 7.08. The summed E-state index contributed by atoms with van der Waals surface area (Å²) in [5, 5.41) is 4.04. The van der Waals surface area contributed by atoms with Crippen LogP contribution in [0.2, 0.25) is 0 Å². The monoisotopic (exact) mass is 292 g/mol. The van der Waals surface area contributed by atoms with Gasteiger partial charge in [-0.1, -0.05) is 18.3 Å². The molecule has 5 nitrogen and oxygen atoms in total. The number of carbonyl (C=O) groups is 1. The van der Waals surface area contributed by atoms with Gasteiger partial charge in [0.15, 0.2) is 0 Å². The third kappa shape index (κ3) is 2.65. The Hall–Kier alpha value is -1.95. The van der Waals surface area contributed by atoms with Gasteiger partial charge < -0.3 is 9.47 Å². The number of ether oxygens (including phenoxy) is 2. The fourth-order valence-corrected chi connectivity index (χ4v) is 2.62. The lowest BCUT2D eigenvalue weighted by Gasteiger charge is -2.09. The molecule has 0 fully saturated rings. The van der Waals surface area contributed by atoms with Gasteiger partial charge in [0.25, 0.3) is 0 Å². The average molecular weight is 292 g/mol. The molecule has 2 rings (SSSR count). The first-order valence-corrected chi connectivity index (χ1v) is 6.94. The predicted octanol–water partition coefficient (Wildman–Crippen LogP) is 2.91. The Morgan fingerprint density at radius 2 is 2.00 bits per heavy atom. The fraction of sp³-hybridized carbons (Fsp3) is 0.357. The molecule has 0 amide bonds. The second-order valence-electron chi connectivity index (χ2n) is 4.54. The number of hydrogen-bond donors (Lipinski definition) is 0. The Labute approximate surface area is 121 Å². The molecule has 0 N–H and O–H groups in total. The Morgan fingerprint density at radius 1 is 1.25 bits per heavy atom. The molecule has 1 aromatic carbocycles. The topological polar surface area (TPSA) is 61.3 Å². The molecule has 0 aliphatic carbocycles. The Balaban J connectivity index is 2.49. The van der Waals surface area contributed by atoms with Crippen LogP contribution in [0.1, 0.15) is 40.7 Å². The lowest BCUT2D eigenvalue weighted by Crippen LogP contribution is -2.06. The van der Waals surface area contributed by atoms with Crippen molar-refractivity contribution in [1.29, 1.82) is 0 Å². The summed E-state index contributed by atoms with van der Waals surface area (Å²) >= 11 is 1.11. The summed E-state index contributed by atoms with van der Waals surface area (Å²) in [6.45, 7) is 3.96. The largest absolute Gasteiger partial charge is 0.497 e. The van der Waals surface area contributed by atoms with Crippen LogP contribution < -0.4 is 9.47 Å². The van der Waals surface area contributed by atoms with Gasteiger partial charge in [-0.3, -0.25) is 4.79 Å². The third-order valence-corrected chi connectivity index (χ3v) is 3.66. The third-order valence-electron chi connectivity index (χ3n) is 2.92. The van der Waals surface area contributed by atoms with Crippen molar-refractivity contribution in [3.63, 3.8) is 0 Å². The van der Waals surface area contributed by atoms with Gasteiger partial charge in [-0.05, 0) is 35.6 Å². The number of carbonyl (C=O) groups excluding carboxylic acids is 1. The summed E-state index contributed by atoms with van der Waals surface area (Å²) in [5.74, 6) is 1.13. The average Bonchev–Trinajstić information content (AvgIpc) is 2.95. The molecule has 0 saturated carbocycles. The van der Waals surface area contributed by atoms with Gasteiger partial charge in [0.1, 0.15) is 16.4 Å². The van der Waals surface area contributed by atoms with E-state index in [1.54, 1.807) is 25.3 Å². The van der Waals surface area contributed by atoms with Crippen molar-refractivity contribution in [3.05, 3.63) is 34.3 Å². The number of methoxy groups -OCH3 is 2. The summed E-state index contributed by atoms with van der Waals surface area (Å²) in [7, 11) is 3.09. The fourth-order valence-electron chi connectivity index (χ4n) is 1.85. The van der Waals surface area contributed by atoms with Gasteiger partial charge in [0, 0.05) is 0 Å². The summed E-state index contributed by atoms with van der Waals surface area (Å²) in [5.41, 5.74) is 1.17. The van der Waals surface area contributed by atoms with Crippen LogP contribution in [-0.4, -0.2) is 29.6 Å².